The number of aldehydes is 1. The van der Waals surface area contributed by atoms with Gasteiger partial charge in [0.15, 0.2) is 0 Å². The summed E-state index contributed by atoms with van der Waals surface area (Å²) in [5.74, 6) is 0. The highest BCUT2D eigenvalue weighted by molar-refractivity contribution is 5.61. The molecule has 1 aromatic carbocycles. The van der Waals surface area contributed by atoms with Crippen LogP contribution in [0.25, 0.3) is 0 Å². The first-order valence-corrected chi connectivity index (χ1v) is 5.20. The van der Waals surface area contributed by atoms with Crippen LogP contribution in [0, 0.1) is 0 Å². The van der Waals surface area contributed by atoms with Crippen molar-refractivity contribution in [1.29, 1.82) is 0 Å². The third kappa shape index (κ3) is 3.08. The second-order valence-electron chi connectivity index (χ2n) is 4.84. The lowest BCUT2D eigenvalue weighted by Crippen LogP contribution is -2.19. The molecule has 0 aliphatic carbocycles. The number of hydrogen-bond acceptors (Lipinski definition) is 2. The van der Waals surface area contributed by atoms with E-state index in [2.05, 4.69) is 45.0 Å². The van der Waals surface area contributed by atoms with Gasteiger partial charge in [-0.05, 0) is 23.1 Å². The van der Waals surface area contributed by atoms with Gasteiger partial charge in [0.1, 0.15) is 6.29 Å². The maximum atomic E-state index is 10.4. The minimum atomic E-state index is 0.182. The van der Waals surface area contributed by atoms with Crippen molar-refractivity contribution >= 4 is 12.0 Å². The van der Waals surface area contributed by atoms with Crippen LogP contribution in [-0.2, 0) is 10.2 Å². The van der Waals surface area contributed by atoms with E-state index in [1.54, 1.807) is 0 Å². The van der Waals surface area contributed by atoms with Crippen LogP contribution >= 0.6 is 0 Å². The number of likely N-dealkylation sites (N-methyl/N-ethyl adjacent to an activating group) is 1. The highest BCUT2D eigenvalue weighted by Gasteiger charge is 2.13. The summed E-state index contributed by atoms with van der Waals surface area (Å²) in [6.45, 7) is 7.01. The van der Waals surface area contributed by atoms with Crippen LogP contribution in [-0.4, -0.2) is 19.9 Å². The van der Waals surface area contributed by atoms with E-state index in [-0.39, 0.29) is 5.41 Å². The molecule has 0 heterocycles. The normalized spacial score (nSPS) is 11.2. The average molecular weight is 205 g/mol. The molecule has 1 aromatic rings. The lowest BCUT2D eigenvalue weighted by atomic mass is 9.87. The summed E-state index contributed by atoms with van der Waals surface area (Å²) in [6.07, 6.45) is 0.914. The zero-order valence-corrected chi connectivity index (χ0v) is 9.95. The van der Waals surface area contributed by atoms with Crippen molar-refractivity contribution in [2.75, 3.05) is 18.5 Å². The Morgan fingerprint density at radius 3 is 2.13 bits per heavy atom. The molecule has 1 rings (SSSR count). The SMILES string of the molecule is CN(CC=O)c1ccc(C(C)(C)C)cc1. The Labute approximate surface area is 91.9 Å². The molecule has 0 saturated heterocycles. The van der Waals surface area contributed by atoms with Gasteiger partial charge < -0.3 is 9.69 Å². The van der Waals surface area contributed by atoms with E-state index in [0.717, 1.165) is 12.0 Å². The summed E-state index contributed by atoms with van der Waals surface area (Å²) in [7, 11) is 1.92. The summed E-state index contributed by atoms with van der Waals surface area (Å²) in [5, 5.41) is 0. The fourth-order valence-electron chi connectivity index (χ4n) is 1.43. The van der Waals surface area contributed by atoms with E-state index < -0.39 is 0 Å². The molecular formula is C13H19NO. The van der Waals surface area contributed by atoms with E-state index in [0.29, 0.717) is 6.54 Å². The Kier molecular flexibility index (Phi) is 3.51. The highest BCUT2D eigenvalue weighted by atomic mass is 16.1. The third-order valence-corrected chi connectivity index (χ3v) is 2.52. The van der Waals surface area contributed by atoms with Crippen molar-refractivity contribution in [3.05, 3.63) is 29.8 Å². The molecule has 15 heavy (non-hydrogen) atoms. The summed E-state index contributed by atoms with van der Waals surface area (Å²) in [5.41, 5.74) is 2.57. The molecule has 2 nitrogen and oxygen atoms in total. The van der Waals surface area contributed by atoms with Crippen molar-refractivity contribution in [3.63, 3.8) is 0 Å². The molecular weight excluding hydrogens is 186 g/mol. The Morgan fingerprint density at radius 2 is 1.73 bits per heavy atom. The molecule has 0 saturated carbocycles. The van der Waals surface area contributed by atoms with Crippen LogP contribution in [0.3, 0.4) is 0 Å². The lowest BCUT2D eigenvalue weighted by molar-refractivity contribution is -0.106. The number of anilines is 1. The van der Waals surface area contributed by atoms with Gasteiger partial charge >= 0.3 is 0 Å². The predicted molar refractivity (Wildman–Crippen MR) is 64.5 cm³/mol. The minimum Gasteiger partial charge on any atom is -0.368 e. The van der Waals surface area contributed by atoms with Crippen LogP contribution in [0.2, 0.25) is 0 Å². The van der Waals surface area contributed by atoms with Gasteiger partial charge in [-0.2, -0.15) is 0 Å². The van der Waals surface area contributed by atoms with Crippen LogP contribution < -0.4 is 4.90 Å². The van der Waals surface area contributed by atoms with Crippen LogP contribution in [0.15, 0.2) is 24.3 Å². The van der Waals surface area contributed by atoms with Crippen LogP contribution in [0.4, 0.5) is 5.69 Å². The first kappa shape index (κ1) is 11.8. The molecule has 0 spiro atoms. The zero-order chi connectivity index (χ0) is 11.5. The molecule has 0 amide bonds. The summed E-state index contributed by atoms with van der Waals surface area (Å²) in [6, 6.07) is 8.36. The fraction of sp³-hybridized carbons (Fsp3) is 0.462. The number of nitrogens with zero attached hydrogens (tertiary/aromatic N) is 1. The third-order valence-electron chi connectivity index (χ3n) is 2.52. The van der Waals surface area contributed by atoms with Gasteiger partial charge in [0, 0.05) is 12.7 Å². The molecule has 82 valence electrons. The maximum absolute atomic E-state index is 10.4. The van der Waals surface area contributed by atoms with E-state index in [1.165, 1.54) is 5.56 Å². The lowest BCUT2D eigenvalue weighted by Gasteiger charge is -2.21. The van der Waals surface area contributed by atoms with Gasteiger partial charge in [-0.3, -0.25) is 0 Å². The number of carbonyl (C=O) groups excluding carboxylic acids is 1. The van der Waals surface area contributed by atoms with E-state index >= 15 is 0 Å². The molecule has 0 fully saturated rings. The topological polar surface area (TPSA) is 20.3 Å². The molecule has 0 aliphatic heterocycles. The molecule has 0 aromatic heterocycles. The molecule has 0 N–H and O–H groups in total. The maximum Gasteiger partial charge on any atom is 0.139 e. The quantitative estimate of drug-likeness (QED) is 0.707. The zero-order valence-electron chi connectivity index (χ0n) is 9.95. The van der Waals surface area contributed by atoms with Crippen molar-refractivity contribution < 1.29 is 4.79 Å². The summed E-state index contributed by atoms with van der Waals surface area (Å²) in [4.78, 5) is 12.3. The Hall–Kier alpha value is -1.31. The molecule has 0 unspecified atom stereocenters. The Morgan fingerprint density at radius 1 is 1.20 bits per heavy atom. The van der Waals surface area contributed by atoms with Crippen molar-refractivity contribution in [2.45, 2.75) is 26.2 Å². The van der Waals surface area contributed by atoms with E-state index in [4.69, 9.17) is 0 Å². The summed E-state index contributed by atoms with van der Waals surface area (Å²) >= 11 is 0. The Balaban J connectivity index is 2.85. The predicted octanol–water partition coefficient (Wildman–Crippen LogP) is 2.62. The number of rotatable bonds is 3. The molecule has 0 bridgehead atoms. The molecule has 0 radical (unpaired) electrons. The standard InChI is InChI=1S/C13H19NO/c1-13(2,3)11-5-7-12(8-6-11)14(4)9-10-15/h5-8,10H,9H2,1-4H3. The smallest absolute Gasteiger partial charge is 0.139 e. The molecule has 0 aliphatic rings. The summed E-state index contributed by atoms with van der Waals surface area (Å²) < 4.78 is 0. The Bertz CT molecular complexity index is 321. The fourth-order valence-corrected chi connectivity index (χ4v) is 1.43. The minimum absolute atomic E-state index is 0.182. The number of hydrogen-bond donors (Lipinski definition) is 0. The highest BCUT2D eigenvalue weighted by Crippen LogP contribution is 2.24. The van der Waals surface area contributed by atoms with E-state index in [1.807, 2.05) is 11.9 Å². The van der Waals surface area contributed by atoms with Gasteiger partial charge in [0.05, 0.1) is 6.54 Å². The van der Waals surface area contributed by atoms with Crippen LogP contribution in [0.1, 0.15) is 26.3 Å². The van der Waals surface area contributed by atoms with Crippen LogP contribution in [0.5, 0.6) is 0 Å². The molecule has 2 heteroatoms. The van der Waals surface area contributed by atoms with Gasteiger partial charge in [-0.25, -0.2) is 0 Å². The first-order chi connectivity index (χ1) is 6.95. The van der Waals surface area contributed by atoms with Gasteiger partial charge in [-0.1, -0.05) is 32.9 Å². The van der Waals surface area contributed by atoms with Gasteiger partial charge in [0.2, 0.25) is 0 Å². The number of benzene rings is 1. The van der Waals surface area contributed by atoms with Crippen molar-refractivity contribution in [3.8, 4) is 0 Å². The molecule has 0 atom stereocenters. The van der Waals surface area contributed by atoms with Crippen molar-refractivity contribution in [1.82, 2.24) is 0 Å². The van der Waals surface area contributed by atoms with Gasteiger partial charge in [-0.15, -0.1) is 0 Å². The monoisotopic (exact) mass is 205 g/mol. The second-order valence-corrected chi connectivity index (χ2v) is 4.84. The second kappa shape index (κ2) is 4.47. The average Bonchev–Trinajstić information content (AvgIpc) is 2.17. The number of carbonyl (C=O) groups is 1. The van der Waals surface area contributed by atoms with Crippen molar-refractivity contribution in [2.24, 2.45) is 0 Å². The first-order valence-electron chi connectivity index (χ1n) is 5.20. The largest absolute Gasteiger partial charge is 0.368 e. The van der Waals surface area contributed by atoms with E-state index in [9.17, 15) is 4.79 Å². The van der Waals surface area contributed by atoms with Gasteiger partial charge in [0.25, 0.3) is 0 Å².